The van der Waals surface area contributed by atoms with Crippen LogP contribution in [0.3, 0.4) is 0 Å². The number of aromatic carboxylic acids is 1. The zero-order chi connectivity index (χ0) is 19.4. The van der Waals surface area contributed by atoms with Gasteiger partial charge in [0.05, 0.1) is 16.9 Å². The number of carbonyl (C=O) groups is 2. The first kappa shape index (κ1) is 18.2. The Morgan fingerprint density at radius 2 is 1.19 bits per heavy atom. The van der Waals surface area contributed by atoms with Crippen molar-refractivity contribution in [2.75, 3.05) is 5.01 Å². The lowest BCUT2D eigenvalue weighted by atomic mass is 10.1. The molecular formula is C22H20N2O3. The van der Waals surface area contributed by atoms with Gasteiger partial charge in [-0.15, -0.1) is 0 Å². The van der Waals surface area contributed by atoms with Crippen molar-refractivity contribution >= 4 is 23.3 Å². The van der Waals surface area contributed by atoms with Crippen LogP contribution in [0, 0.1) is 13.8 Å². The lowest BCUT2D eigenvalue weighted by molar-refractivity contribution is 0.0696. The molecule has 5 nitrogen and oxygen atoms in total. The van der Waals surface area contributed by atoms with Crippen molar-refractivity contribution in [1.29, 1.82) is 0 Å². The average Bonchev–Trinajstić information content (AvgIpc) is 2.67. The van der Waals surface area contributed by atoms with E-state index >= 15 is 0 Å². The highest BCUT2D eigenvalue weighted by Crippen LogP contribution is 2.29. The molecule has 1 amide bonds. The number of amides is 1. The van der Waals surface area contributed by atoms with Crippen LogP contribution >= 0.6 is 0 Å². The third-order valence-corrected chi connectivity index (χ3v) is 4.32. The van der Waals surface area contributed by atoms with Crippen molar-refractivity contribution in [2.45, 2.75) is 13.8 Å². The Balaban J connectivity index is 1.96. The van der Waals surface area contributed by atoms with Crippen molar-refractivity contribution < 1.29 is 14.7 Å². The Labute approximate surface area is 157 Å². The van der Waals surface area contributed by atoms with Crippen molar-refractivity contribution in [1.82, 2.24) is 5.43 Å². The summed E-state index contributed by atoms with van der Waals surface area (Å²) in [6.07, 6.45) is 0. The van der Waals surface area contributed by atoms with Gasteiger partial charge in [0, 0.05) is 5.56 Å². The third-order valence-electron chi connectivity index (χ3n) is 4.32. The van der Waals surface area contributed by atoms with E-state index in [4.69, 9.17) is 5.11 Å². The Morgan fingerprint density at radius 3 is 1.63 bits per heavy atom. The van der Waals surface area contributed by atoms with E-state index in [-0.39, 0.29) is 11.5 Å². The number of para-hydroxylation sites is 2. The number of nitrogens with zero attached hydrogens (tertiary/aromatic N) is 1. The fourth-order valence-electron chi connectivity index (χ4n) is 2.81. The molecule has 0 aromatic heterocycles. The second-order valence-corrected chi connectivity index (χ2v) is 6.23. The van der Waals surface area contributed by atoms with E-state index in [2.05, 4.69) is 5.43 Å². The standard InChI is InChI=1S/C22H20N2O3/c1-15-7-3-5-9-19(15)24(20-10-6-4-8-16(20)2)23-21(25)17-11-13-18(14-12-17)22(26)27/h3-14H,1-2H3,(H,23,25)(H,26,27). The molecule has 0 heterocycles. The van der Waals surface area contributed by atoms with E-state index in [0.29, 0.717) is 5.56 Å². The van der Waals surface area contributed by atoms with Crippen molar-refractivity contribution in [3.05, 3.63) is 95.1 Å². The van der Waals surface area contributed by atoms with Crippen LogP contribution in [0.1, 0.15) is 31.8 Å². The van der Waals surface area contributed by atoms with Crippen molar-refractivity contribution in [3.63, 3.8) is 0 Å². The summed E-state index contributed by atoms with van der Waals surface area (Å²) < 4.78 is 0. The van der Waals surface area contributed by atoms with Crippen LogP contribution in [-0.2, 0) is 0 Å². The number of nitrogens with one attached hydrogen (secondary N) is 1. The fourth-order valence-corrected chi connectivity index (χ4v) is 2.81. The van der Waals surface area contributed by atoms with Gasteiger partial charge in [0.15, 0.2) is 0 Å². The predicted molar refractivity (Wildman–Crippen MR) is 105 cm³/mol. The summed E-state index contributed by atoms with van der Waals surface area (Å²) in [6, 6.07) is 21.4. The van der Waals surface area contributed by atoms with Crippen LogP contribution in [0.4, 0.5) is 11.4 Å². The minimum atomic E-state index is -1.02. The summed E-state index contributed by atoms with van der Waals surface area (Å²) in [6.45, 7) is 3.96. The van der Waals surface area contributed by atoms with Crippen molar-refractivity contribution in [3.8, 4) is 0 Å². The van der Waals surface area contributed by atoms with Gasteiger partial charge in [-0.25, -0.2) is 4.79 Å². The highest BCUT2D eigenvalue weighted by atomic mass is 16.4. The van der Waals surface area contributed by atoms with Crippen LogP contribution in [-0.4, -0.2) is 17.0 Å². The van der Waals surface area contributed by atoms with Gasteiger partial charge in [0.2, 0.25) is 0 Å². The molecule has 0 saturated carbocycles. The molecule has 0 aliphatic rings. The average molecular weight is 360 g/mol. The largest absolute Gasteiger partial charge is 0.478 e. The molecular weight excluding hydrogens is 340 g/mol. The maximum absolute atomic E-state index is 12.8. The van der Waals surface area contributed by atoms with Crippen LogP contribution < -0.4 is 10.4 Å². The van der Waals surface area contributed by atoms with Gasteiger partial charge in [0.1, 0.15) is 0 Å². The zero-order valence-electron chi connectivity index (χ0n) is 15.1. The Hall–Kier alpha value is -3.60. The molecule has 0 bridgehead atoms. The second-order valence-electron chi connectivity index (χ2n) is 6.23. The highest BCUT2D eigenvalue weighted by molar-refractivity contribution is 5.97. The molecule has 0 saturated heterocycles. The SMILES string of the molecule is Cc1ccccc1N(NC(=O)c1ccc(C(=O)O)cc1)c1ccccc1C. The monoisotopic (exact) mass is 360 g/mol. The van der Waals surface area contributed by atoms with Crippen molar-refractivity contribution in [2.24, 2.45) is 0 Å². The molecule has 3 rings (SSSR count). The lowest BCUT2D eigenvalue weighted by Crippen LogP contribution is -2.39. The summed E-state index contributed by atoms with van der Waals surface area (Å²) in [4.78, 5) is 23.8. The van der Waals surface area contributed by atoms with E-state index in [1.54, 1.807) is 5.01 Å². The molecule has 136 valence electrons. The van der Waals surface area contributed by atoms with Gasteiger partial charge in [-0.2, -0.15) is 0 Å². The Morgan fingerprint density at radius 1 is 0.741 bits per heavy atom. The highest BCUT2D eigenvalue weighted by Gasteiger charge is 2.17. The second kappa shape index (κ2) is 7.74. The number of carbonyl (C=O) groups excluding carboxylic acids is 1. The first-order valence-electron chi connectivity index (χ1n) is 8.53. The molecule has 0 aliphatic heterocycles. The molecule has 0 fully saturated rings. The number of carboxylic acid groups (broad SMARTS) is 1. The number of rotatable bonds is 5. The maximum Gasteiger partial charge on any atom is 0.335 e. The van der Waals surface area contributed by atoms with E-state index < -0.39 is 5.97 Å². The molecule has 0 aliphatic carbocycles. The summed E-state index contributed by atoms with van der Waals surface area (Å²) >= 11 is 0. The number of hydrogen-bond acceptors (Lipinski definition) is 3. The van der Waals surface area contributed by atoms with E-state index in [0.717, 1.165) is 22.5 Å². The Kier molecular flexibility index (Phi) is 5.22. The van der Waals surface area contributed by atoms with Gasteiger partial charge in [-0.1, -0.05) is 36.4 Å². The number of carboxylic acids is 1. The van der Waals surface area contributed by atoms with Crippen LogP contribution in [0.15, 0.2) is 72.8 Å². The van der Waals surface area contributed by atoms with Crippen LogP contribution in [0.25, 0.3) is 0 Å². The van der Waals surface area contributed by atoms with Crippen LogP contribution in [0.5, 0.6) is 0 Å². The van der Waals surface area contributed by atoms with Gasteiger partial charge in [-0.05, 0) is 61.4 Å². The number of anilines is 2. The van der Waals surface area contributed by atoms with E-state index in [1.165, 1.54) is 24.3 Å². The molecule has 3 aromatic carbocycles. The summed E-state index contributed by atoms with van der Waals surface area (Å²) in [5.74, 6) is -1.35. The number of aryl methyl sites for hydroxylation is 2. The minimum absolute atomic E-state index is 0.140. The molecule has 27 heavy (non-hydrogen) atoms. The Bertz CT molecular complexity index is 935. The summed E-state index contributed by atoms with van der Waals surface area (Å²) in [7, 11) is 0. The number of hydrazine groups is 1. The predicted octanol–water partition coefficient (Wildman–Crippen LogP) is 4.48. The molecule has 0 spiro atoms. The topological polar surface area (TPSA) is 69.6 Å². The molecule has 0 unspecified atom stereocenters. The quantitative estimate of drug-likeness (QED) is 0.658. The van der Waals surface area contributed by atoms with Crippen LogP contribution in [0.2, 0.25) is 0 Å². The fraction of sp³-hybridized carbons (Fsp3) is 0.0909. The minimum Gasteiger partial charge on any atom is -0.478 e. The molecule has 0 atom stereocenters. The molecule has 2 N–H and O–H groups in total. The maximum atomic E-state index is 12.8. The van der Waals surface area contributed by atoms with E-state index in [1.807, 2.05) is 62.4 Å². The lowest BCUT2D eigenvalue weighted by Gasteiger charge is -2.28. The van der Waals surface area contributed by atoms with Gasteiger partial charge < -0.3 is 5.11 Å². The smallest absolute Gasteiger partial charge is 0.335 e. The normalized spacial score (nSPS) is 10.3. The molecule has 3 aromatic rings. The van der Waals surface area contributed by atoms with E-state index in [9.17, 15) is 9.59 Å². The third kappa shape index (κ3) is 3.98. The number of hydrogen-bond donors (Lipinski definition) is 2. The van der Waals surface area contributed by atoms with Gasteiger partial charge in [-0.3, -0.25) is 15.2 Å². The summed E-state index contributed by atoms with van der Waals surface area (Å²) in [5.41, 5.74) is 7.22. The van der Waals surface area contributed by atoms with Gasteiger partial charge in [0.25, 0.3) is 5.91 Å². The zero-order valence-corrected chi connectivity index (χ0v) is 15.1. The first-order chi connectivity index (χ1) is 13.0. The number of benzene rings is 3. The first-order valence-corrected chi connectivity index (χ1v) is 8.53. The molecule has 0 radical (unpaired) electrons. The van der Waals surface area contributed by atoms with Gasteiger partial charge >= 0.3 is 5.97 Å². The summed E-state index contributed by atoms with van der Waals surface area (Å²) in [5, 5.41) is 10.8. The molecule has 5 heteroatoms.